The van der Waals surface area contributed by atoms with E-state index in [0.29, 0.717) is 6.10 Å². The Labute approximate surface area is 55.4 Å². The van der Waals surface area contributed by atoms with E-state index in [1.807, 2.05) is 6.92 Å². The summed E-state index contributed by atoms with van der Waals surface area (Å²) in [7, 11) is 0. The molecule has 2 nitrogen and oxygen atoms in total. The third kappa shape index (κ3) is 1.43. The molecule has 0 spiro atoms. The second kappa shape index (κ2) is 2.84. The summed E-state index contributed by atoms with van der Waals surface area (Å²) in [6, 6.07) is 2.21. The maximum atomic E-state index is 8.37. The van der Waals surface area contributed by atoms with Crippen LogP contribution < -0.4 is 0 Å². The van der Waals surface area contributed by atoms with Crippen molar-refractivity contribution < 1.29 is 4.74 Å². The summed E-state index contributed by atoms with van der Waals surface area (Å²) in [5, 5.41) is 8.37. The monoisotopic (exact) mass is 125 g/mol. The van der Waals surface area contributed by atoms with E-state index in [2.05, 4.69) is 6.07 Å². The maximum Gasteiger partial charge on any atom is 0.0657 e. The van der Waals surface area contributed by atoms with Gasteiger partial charge in [-0.2, -0.15) is 5.26 Å². The van der Waals surface area contributed by atoms with Gasteiger partial charge < -0.3 is 4.74 Å². The smallest absolute Gasteiger partial charge is 0.0657 e. The number of nitriles is 1. The Hall–Kier alpha value is -0.550. The quantitative estimate of drug-likeness (QED) is 0.557. The predicted molar refractivity (Wildman–Crippen MR) is 33.8 cm³/mol. The molecule has 0 aromatic carbocycles. The summed E-state index contributed by atoms with van der Waals surface area (Å²) >= 11 is 0. The Balaban J connectivity index is 2.06. The molecule has 0 aliphatic heterocycles. The van der Waals surface area contributed by atoms with Crippen LogP contribution in [-0.4, -0.2) is 12.7 Å². The SMILES string of the molecule is CCOC1CC(C#N)C1. The molecule has 1 aliphatic rings. The van der Waals surface area contributed by atoms with Crippen molar-refractivity contribution in [1.82, 2.24) is 0 Å². The van der Waals surface area contributed by atoms with Crippen LogP contribution in [0, 0.1) is 17.2 Å². The van der Waals surface area contributed by atoms with Crippen molar-refractivity contribution in [3.05, 3.63) is 0 Å². The number of hydrogen-bond acceptors (Lipinski definition) is 2. The maximum absolute atomic E-state index is 8.37. The van der Waals surface area contributed by atoms with Gasteiger partial charge in [0.05, 0.1) is 18.1 Å². The normalized spacial score (nSPS) is 32.9. The van der Waals surface area contributed by atoms with Gasteiger partial charge in [0.25, 0.3) is 0 Å². The van der Waals surface area contributed by atoms with Crippen molar-refractivity contribution in [2.75, 3.05) is 6.61 Å². The van der Waals surface area contributed by atoms with Gasteiger partial charge in [0, 0.05) is 6.61 Å². The van der Waals surface area contributed by atoms with E-state index in [1.165, 1.54) is 0 Å². The second-order valence-electron chi connectivity index (χ2n) is 2.37. The molecule has 9 heavy (non-hydrogen) atoms. The lowest BCUT2D eigenvalue weighted by Gasteiger charge is -2.29. The lowest BCUT2D eigenvalue weighted by molar-refractivity contribution is -0.00941. The molecule has 0 heterocycles. The van der Waals surface area contributed by atoms with Gasteiger partial charge in [0.1, 0.15) is 0 Å². The Morgan fingerprint density at radius 1 is 1.67 bits per heavy atom. The number of ether oxygens (including phenoxy) is 1. The molecule has 1 rings (SSSR count). The van der Waals surface area contributed by atoms with Gasteiger partial charge in [0.2, 0.25) is 0 Å². The summed E-state index contributed by atoms with van der Waals surface area (Å²) in [5.74, 6) is 0.279. The molecule has 1 fully saturated rings. The Morgan fingerprint density at radius 2 is 2.33 bits per heavy atom. The third-order valence-corrected chi connectivity index (χ3v) is 1.68. The average molecular weight is 125 g/mol. The fourth-order valence-electron chi connectivity index (χ4n) is 1.04. The zero-order valence-corrected chi connectivity index (χ0v) is 5.63. The average Bonchev–Trinajstić information content (AvgIpc) is 1.77. The molecule has 0 aromatic heterocycles. The third-order valence-electron chi connectivity index (χ3n) is 1.68. The van der Waals surface area contributed by atoms with Crippen LogP contribution in [0.5, 0.6) is 0 Å². The fraction of sp³-hybridized carbons (Fsp3) is 0.857. The zero-order chi connectivity index (χ0) is 6.69. The topological polar surface area (TPSA) is 33.0 Å². The molecule has 1 saturated carbocycles. The van der Waals surface area contributed by atoms with Gasteiger partial charge >= 0.3 is 0 Å². The van der Waals surface area contributed by atoms with Crippen LogP contribution in [0.3, 0.4) is 0 Å². The van der Waals surface area contributed by atoms with Crippen LogP contribution in [-0.2, 0) is 4.74 Å². The molecule has 0 unspecified atom stereocenters. The van der Waals surface area contributed by atoms with E-state index in [4.69, 9.17) is 10.00 Å². The van der Waals surface area contributed by atoms with Crippen LogP contribution in [0.15, 0.2) is 0 Å². The lowest BCUT2D eigenvalue weighted by atomic mass is 9.84. The first kappa shape index (κ1) is 6.57. The number of nitrogens with zero attached hydrogens (tertiary/aromatic N) is 1. The van der Waals surface area contributed by atoms with E-state index in [9.17, 15) is 0 Å². The molecule has 0 saturated heterocycles. The fourth-order valence-corrected chi connectivity index (χ4v) is 1.04. The van der Waals surface area contributed by atoms with Crippen molar-refractivity contribution >= 4 is 0 Å². The molecule has 0 N–H and O–H groups in total. The predicted octanol–water partition coefficient (Wildman–Crippen LogP) is 1.33. The summed E-state index contributed by atoms with van der Waals surface area (Å²) in [6.45, 7) is 2.77. The van der Waals surface area contributed by atoms with Gasteiger partial charge in [-0.1, -0.05) is 0 Å². The Kier molecular flexibility index (Phi) is 2.07. The highest BCUT2D eigenvalue weighted by Crippen LogP contribution is 2.28. The van der Waals surface area contributed by atoms with E-state index in [0.717, 1.165) is 19.4 Å². The van der Waals surface area contributed by atoms with Crippen LogP contribution in [0.25, 0.3) is 0 Å². The van der Waals surface area contributed by atoms with E-state index >= 15 is 0 Å². The first-order valence-electron chi connectivity index (χ1n) is 3.38. The highest BCUT2D eigenvalue weighted by molar-refractivity contribution is 4.94. The van der Waals surface area contributed by atoms with Crippen LogP contribution in [0.2, 0.25) is 0 Å². The number of hydrogen-bond donors (Lipinski definition) is 0. The summed E-state index contributed by atoms with van der Waals surface area (Å²) < 4.78 is 5.26. The molecular weight excluding hydrogens is 114 g/mol. The summed E-state index contributed by atoms with van der Waals surface area (Å²) in [5.41, 5.74) is 0. The standard InChI is InChI=1S/C7H11NO/c1-2-9-7-3-6(4-7)5-8/h6-7H,2-4H2,1H3. The van der Waals surface area contributed by atoms with Crippen molar-refractivity contribution in [2.45, 2.75) is 25.9 Å². The van der Waals surface area contributed by atoms with Crippen LogP contribution in [0.1, 0.15) is 19.8 Å². The molecule has 1 aliphatic carbocycles. The van der Waals surface area contributed by atoms with Crippen molar-refractivity contribution in [1.29, 1.82) is 5.26 Å². The minimum atomic E-state index is 0.279. The highest BCUT2D eigenvalue weighted by Gasteiger charge is 2.28. The minimum absolute atomic E-state index is 0.279. The van der Waals surface area contributed by atoms with Gasteiger partial charge in [-0.15, -0.1) is 0 Å². The molecule has 0 aromatic rings. The van der Waals surface area contributed by atoms with Gasteiger partial charge in [0.15, 0.2) is 0 Å². The largest absolute Gasteiger partial charge is 0.378 e. The van der Waals surface area contributed by atoms with Crippen molar-refractivity contribution in [2.24, 2.45) is 5.92 Å². The minimum Gasteiger partial charge on any atom is -0.378 e. The molecule has 0 bridgehead atoms. The second-order valence-corrected chi connectivity index (χ2v) is 2.37. The molecule has 2 heteroatoms. The van der Waals surface area contributed by atoms with Crippen LogP contribution >= 0.6 is 0 Å². The Bertz CT molecular complexity index is 121. The van der Waals surface area contributed by atoms with Gasteiger partial charge in [-0.05, 0) is 19.8 Å². The van der Waals surface area contributed by atoms with Gasteiger partial charge in [-0.3, -0.25) is 0 Å². The van der Waals surface area contributed by atoms with E-state index in [1.54, 1.807) is 0 Å². The highest BCUT2D eigenvalue weighted by atomic mass is 16.5. The van der Waals surface area contributed by atoms with Crippen LogP contribution in [0.4, 0.5) is 0 Å². The van der Waals surface area contributed by atoms with Gasteiger partial charge in [-0.25, -0.2) is 0 Å². The summed E-state index contributed by atoms with van der Waals surface area (Å²) in [6.07, 6.45) is 2.29. The molecule has 0 radical (unpaired) electrons. The molecule has 50 valence electrons. The van der Waals surface area contributed by atoms with E-state index in [-0.39, 0.29) is 5.92 Å². The van der Waals surface area contributed by atoms with Crippen molar-refractivity contribution in [3.8, 4) is 6.07 Å². The molecular formula is C7H11NO. The Morgan fingerprint density at radius 3 is 2.78 bits per heavy atom. The zero-order valence-electron chi connectivity index (χ0n) is 5.63. The first-order chi connectivity index (χ1) is 4.36. The first-order valence-corrected chi connectivity index (χ1v) is 3.38. The van der Waals surface area contributed by atoms with E-state index < -0.39 is 0 Å². The lowest BCUT2D eigenvalue weighted by Crippen LogP contribution is -2.30. The number of rotatable bonds is 2. The molecule has 0 atom stereocenters. The summed E-state index contributed by atoms with van der Waals surface area (Å²) in [4.78, 5) is 0. The molecule has 0 amide bonds. The van der Waals surface area contributed by atoms with Crippen molar-refractivity contribution in [3.63, 3.8) is 0 Å².